The standard InChI is InChI=1S/C14H22N2O2/c1-9-6-12-4-5-16(8-14(12)17-9)7-13-10(2)15-18-11(13)3/h9,12,14H,4-8H2,1-3H3/t9-,12-,14+/m0/s1. The Morgan fingerprint density at radius 3 is 2.94 bits per heavy atom. The molecule has 2 fully saturated rings. The number of aryl methyl sites for hydroxylation is 2. The Balaban J connectivity index is 1.65. The predicted octanol–water partition coefficient (Wildman–Crippen LogP) is 2.29. The maximum atomic E-state index is 5.99. The molecule has 4 heteroatoms. The second kappa shape index (κ2) is 4.67. The van der Waals surface area contributed by atoms with Gasteiger partial charge in [-0.2, -0.15) is 0 Å². The van der Waals surface area contributed by atoms with Gasteiger partial charge in [0.05, 0.1) is 17.9 Å². The van der Waals surface area contributed by atoms with E-state index >= 15 is 0 Å². The van der Waals surface area contributed by atoms with Crippen molar-refractivity contribution in [1.29, 1.82) is 0 Å². The summed E-state index contributed by atoms with van der Waals surface area (Å²) in [5.74, 6) is 1.73. The van der Waals surface area contributed by atoms with Gasteiger partial charge in [0.2, 0.25) is 0 Å². The molecule has 0 unspecified atom stereocenters. The highest BCUT2D eigenvalue weighted by Crippen LogP contribution is 2.33. The van der Waals surface area contributed by atoms with Crippen LogP contribution in [0.25, 0.3) is 0 Å². The van der Waals surface area contributed by atoms with Crippen molar-refractivity contribution >= 4 is 0 Å². The van der Waals surface area contributed by atoms with Crippen molar-refractivity contribution in [2.24, 2.45) is 5.92 Å². The first-order valence-electron chi connectivity index (χ1n) is 6.93. The molecule has 0 aliphatic carbocycles. The van der Waals surface area contributed by atoms with Crippen molar-refractivity contribution in [1.82, 2.24) is 10.1 Å². The van der Waals surface area contributed by atoms with E-state index in [4.69, 9.17) is 9.26 Å². The Morgan fingerprint density at radius 1 is 1.39 bits per heavy atom. The lowest BCUT2D eigenvalue weighted by Gasteiger charge is -2.33. The monoisotopic (exact) mass is 250 g/mol. The fraction of sp³-hybridized carbons (Fsp3) is 0.786. The summed E-state index contributed by atoms with van der Waals surface area (Å²) in [7, 11) is 0. The van der Waals surface area contributed by atoms with Crippen LogP contribution >= 0.6 is 0 Å². The van der Waals surface area contributed by atoms with Gasteiger partial charge < -0.3 is 9.26 Å². The number of aromatic nitrogens is 1. The Bertz CT molecular complexity index is 410. The fourth-order valence-corrected chi connectivity index (χ4v) is 3.33. The zero-order valence-corrected chi connectivity index (χ0v) is 11.5. The van der Waals surface area contributed by atoms with Crippen LogP contribution in [0.4, 0.5) is 0 Å². The third kappa shape index (κ3) is 2.19. The average molecular weight is 250 g/mol. The van der Waals surface area contributed by atoms with Gasteiger partial charge in [0, 0.05) is 18.7 Å². The van der Waals surface area contributed by atoms with Crippen molar-refractivity contribution in [3.63, 3.8) is 0 Å². The van der Waals surface area contributed by atoms with Gasteiger partial charge in [0.1, 0.15) is 5.76 Å². The molecule has 3 heterocycles. The summed E-state index contributed by atoms with van der Waals surface area (Å²) < 4.78 is 11.2. The van der Waals surface area contributed by atoms with Crippen molar-refractivity contribution in [3.8, 4) is 0 Å². The van der Waals surface area contributed by atoms with E-state index in [1.54, 1.807) is 0 Å². The molecule has 18 heavy (non-hydrogen) atoms. The third-order valence-electron chi connectivity index (χ3n) is 4.38. The third-order valence-corrected chi connectivity index (χ3v) is 4.38. The Labute approximate surface area is 108 Å². The first kappa shape index (κ1) is 12.2. The van der Waals surface area contributed by atoms with Gasteiger partial charge in [-0.3, -0.25) is 4.90 Å². The smallest absolute Gasteiger partial charge is 0.138 e. The van der Waals surface area contributed by atoms with Crippen LogP contribution in [0.5, 0.6) is 0 Å². The van der Waals surface area contributed by atoms with E-state index in [0.717, 1.165) is 30.5 Å². The molecule has 0 amide bonds. The molecular weight excluding hydrogens is 228 g/mol. The summed E-state index contributed by atoms with van der Waals surface area (Å²) >= 11 is 0. The molecule has 2 saturated heterocycles. The van der Waals surface area contributed by atoms with Gasteiger partial charge in [-0.05, 0) is 46.1 Å². The van der Waals surface area contributed by atoms with Gasteiger partial charge in [0.25, 0.3) is 0 Å². The molecule has 2 aliphatic heterocycles. The second-order valence-corrected chi connectivity index (χ2v) is 5.81. The van der Waals surface area contributed by atoms with E-state index in [-0.39, 0.29) is 0 Å². The van der Waals surface area contributed by atoms with Crippen LogP contribution in [-0.4, -0.2) is 35.4 Å². The maximum Gasteiger partial charge on any atom is 0.138 e. The summed E-state index contributed by atoms with van der Waals surface area (Å²) in [4.78, 5) is 2.48. The summed E-state index contributed by atoms with van der Waals surface area (Å²) in [6.45, 7) is 9.38. The highest BCUT2D eigenvalue weighted by Gasteiger charge is 2.37. The van der Waals surface area contributed by atoms with Crippen molar-refractivity contribution in [2.45, 2.75) is 52.4 Å². The van der Waals surface area contributed by atoms with Crippen molar-refractivity contribution in [3.05, 3.63) is 17.0 Å². The van der Waals surface area contributed by atoms with Crippen LogP contribution < -0.4 is 0 Å². The molecule has 0 aromatic carbocycles. The minimum Gasteiger partial charge on any atom is -0.374 e. The number of rotatable bonds is 2. The van der Waals surface area contributed by atoms with E-state index in [1.165, 1.54) is 24.9 Å². The molecule has 100 valence electrons. The van der Waals surface area contributed by atoms with E-state index < -0.39 is 0 Å². The number of hydrogen-bond acceptors (Lipinski definition) is 4. The Hall–Kier alpha value is -0.870. The summed E-state index contributed by atoms with van der Waals surface area (Å²) in [5, 5.41) is 4.03. The molecule has 4 nitrogen and oxygen atoms in total. The zero-order chi connectivity index (χ0) is 12.7. The van der Waals surface area contributed by atoms with Gasteiger partial charge in [0.15, 0.2) is 0 Å². The molecule has 3 atom stereocenters. The van der Waals surface area contributed by atoms with Crippen LogP contribution in [0.1, 0.15) is 36.8 Å². The molecule has 0 N–H and O–H groups in total. The SMILES string of the molecule is Cc1noc(C)c1CN1CC[C@H]2C[C@H](C)O[C@@H]2C1. The fourth-order valence-electron chi connectivity index (χ4n) is 3.33. The lowest BCUT2D eigenvalue weighted by Crippen LogP contribution is -2.41. The number of nitrogens with zero attached hydrogens (tertiary/aromatic N) is 2. The predicted molar refractivity (Wildman–Crippen MR) is 68.3 cm³/mol. The molecule has 0 bridgehead atoms. The van der Waals surface area contributed by atoms with Crippen LogP contribution in [-0.2, 0) is 11.3 Å². The lowest BCUT2D eigenvalue weighted by atomic mass is 9.92. The highest BCUT2D eigenvalue weighted by atomic mass is 16.5. The molecule has 1 aromatic heterocycles. The minimum absolute atomic E-state index is 0.439. The first-order valence-corrected chi connectivity index (χ1v) is 6.93. The first-order chi connectivity index (χ1) is 8.63. The number of likely N-dealkylation sites (tertiary alicyclic amines) is 1. The van der Waals surface area contributed by atoms with Gasteiger partial charge in [-0.15, -0.1) is 0 Å². The largest absolute Gasteiger partial charge is 0.374 e. The second-order valence-electron chi connectivity index (χ2n) is 5.81. The van der Waals surface area contributed by atoms with Gasteiger partial charge >= 0.3 is 0 Å². The van der Waals surface area contributed by atoms with Crippen molar-refractivity contribution in [2.75, 3.05) is 13.1 Å². The normalized spacial score (nSPS) is 32.7. The molecule has 2 aliphatic rings. The number of fused-ring (bicyclic) bond motifs is 1. The minimum atomic E-state index is 0.439. The van der Waals surface area contributed by atoms with E-state index in [2.05, 4.69) is 17.0 Å². The molecule has 0 saturated carbocycles. The number of ether oxygens (including phenoxy) is 1. The van der Waals surface area contributed by atoms with E-state index in [9.17, 15) is 0 Å². The Morgan fingerprint density at radius 2 is 2.22 bits per heavy atom. The summed E-state index contributed by atoms with van der Waals surface area (Å²) in [5.41, 5.74) is 2.27. The van der Waals surface area contributed by atoms with Crippen LogP contribution in [0.2, 0.25) is 0 Å². The molecule has 0 radical (unpaired) electrons. The molecular formula is C14H22N2O2. The van der Waals surface area contributed by atoms with Gasteiger partial charge in [-0.25, -0.2) is 0 Å². The van der Waals surface area contributed by atoms with E-state index in [0.29, 0.717) is 12.2 Å². The van der Waals surface area contributed by atoms with Crippen molar-refractivity contribution < 1.29 is 9.26 Å². The van der Waals surface area contributed by atoms with Crippen LogP contribution in [0.3, 0.4) is 0 Å². The zero-order valence-electron chi connectivity index (χ0n) is 11.5. The highest BCUT2D eigenvalue weighted by molar-refractivity contribution is 5.20. The molecule has 0 spiro atoms. The quantitative estimate of drug-likeness (QED) is 0.807. The van der Waals surface area contributed by atoms with Crippen LogP contribution in [0, 0.1) is 19.8 Å². The molecule has 3 rings (SSSR count). The van der Waals surface area contributed by atoms with Crippen LogP contribution in [0.15, 0.2) is 4.52 Å². The lowest BCUT2D eigenvalue weighted by molar-refractivity contribution is -0.00290. The maximum absolute atomic E-state index is 5.99. The summed E-state index contributed by atoms with van der Waals surface area (Å²) in [6.07, 6.45) is 3.38. The Kier molecular flexibility index (Phi) is 3.16. The average Bonchev–Trinajstić information content (AvgIpc) is 2.84. The van der Waals surface area contributed by atoms with Gasteiger partial charge in [-0.1, -0.05) is 5.16 Å². The van der Waals surface area contributed by atoms with E-state index in [1.807, 2.05) is 13.8 Å². The summed E-state index contributed by atoms with van der Waals surface area (Å²) in [6, 6.07) is 0. The number of piperidine rings is 1. The topological polar surface area (TPSA) is 38.5 Å². The number of hydrogen-bond donors (Lipinski definition) is 0. The molecule has 1 aromatic rings.